The van der Waals surface area contributed by atoms with Crippen LogP contribution in [0.25, 0.3) is 0 Å². The molecule has 2 amide bonds. The topological polar surface area (TPSA) is 78.9 Å². The zero-order valence-electron chi connectivity index (χ0n) is 16.8. The van der Waals surface area contributed by atoms with Gasteiger partial charge in [0.25, 0.3) is 5.91 Å². The van der Waals surface area contributed by atoms with Crippen molar-refractivity contribution >= 4 is 34.8 Å². The molecule has 2 N–H and O–H groups in total. The number of amides is 2. The van der Waals surface area contributed by atoms with Crippen molar-refractivity contribution in [3.8, 4) is 5.75 Å². The average Bonchev–Trinajstić information content (AvgIpc) is 2.98. The molecule has 158 valence electrons. The lowest BCUT2D eigenvalue weighted by atomic mass is 9.87. The van der Waals surface area contributed by atoms with Crippen molar-refractivity contribution < 1.29 is 19.4 Å². The van der Waals surface area contributed by atoms with E-state index in [2.05, 4.69) is 5.32 Å². The van der Waals surface area contributed by atoms with Gasteiger partial charge in [-0.05, 0) is 42.8 Å². The van der Waals surface area contributed by atoms with Crippen molar-refractivity contribution in [2.24, 2.45) is 0 Å². The summed E-state index contributed by atoms with van der Waals surface area (Å²) in [6, 6.07) is 20.5. The zero-order chi connectivity index (χ0) is 22.0. The number of aliphatic hydroxyl groups is 1. The van der Waals surface area contributed by atoms with Gasteiger partial charge in [-0.15, -0.1) is 0 Å². The molecule has 0 aliphatic carbocycles. The highest BCUT2D eigenvalue weighted by molar-refractivity contribution is 6.30. The smallest absolute Gasteiger partial charge is 0.268 e. The number of nitrogens with one attached hydrogen (secondary N) is 1. The third-order valence-corrected chi connectivity index (χ3v) is 5.38. The Labute approximate surface area is 185 Å². The van der Waals surface area contributed by atoms with Crippen molar-refractivity contribution in [2.75, 3.05) is 23.4 Å². The number of carbonyl (C=O) groups excluding carboxylic acids is 2. The minimum Gasteiger partial charge on any atom is -0.492 e. The predicted molar refractivity (Wildman–Crippen MR) is 119 cm³/mol. The van der Waals surface area contributed by atoms with Gasteiger partial charge in [-0.25, -0.2) is 0 Å². The Morgan fingerprint density at radius 3 is 2.61 bits per heavy atom. The molecule has 0 fully saturated rings. The molecule has 1 heterocycles. The lowest BCUT2D eigenvalue weighted by molar-refractivity contribution is -0.133. The molecule has 1 atom stereocenters. The van der Waals surface area contributed by atoms with Crippen LogP contribution < -0.4 is 15.0 Å². The van der Waals surface area contributed by atoms with E-state index in [1.165, 1.54) is 4.90 Å². The summed E-state index contributed by atoms with van der Waals surface area (Å²) in [6.45, 7) is 2.05. The van der Waals surface area contributed by atoms with Crippen LogP contribution in [0, 0.1) is 0 Å². The van der Waals surface area contributed by atoms with Gasteiger partial charge in [0.15, 0.2) is 5.60 Å². The number of halogens is 1. The second-order valence-corrected chi connectivity index (χ2v) is 7.54. The molecule has 6 nitrogen and oxygen atoms in total. The minimum atomic E-state index is -1.93. The molecule has 4 rings (SSSR count). The molecule has 1 aliphatic heterocycles. The Morgan fingerprint density at radius 1 is 1.10 bits per heavy atom. The van der Waals surface area contributed by atoms with E-state index in [0.717, 1.165) is 0 Å². The van der Waals surface area contributed by atoms with Crippen LogP contribution in [0.15, 0.2) is 72.8 Å². The molecule has 3 aromatic rings. The number of para-hydroxylation sites is 3. The molecule has 0 radical (unpaired) electrons. The van der Waals surface area contributed by atoms with Gasteiger partial charge in [0, 0.05) is 10.6 Å². The highest BCUT2D eigenvalue weighted by Crippen LogP contribution is 2.44. The SMILES string of the molecule is CCOc1ccccc1NC(=O)CN1C(=O)C(O)(c2cccc(Cl)c2)c2ccccc21. The molecule has 1 unspecified atom stereocenters. The monoisotopic (exact) mass is 436 g/mol. The van der Waals surface area contributed by atoms with Gasteiger partial charge in [0.1, 0.15) is 12.3 Å². The fourth-order valence-corrected chi connectivity index (χ4v) is 3.96. The van der Waals surface area contributed by atoms with Gasteiger partial charge >= 0.3 is 0 Å². The predicted octanol–water partition coefficient (Wildman–Crippen LogP) is 3.96. The van der Waals surface area contributed by atoms with Crippen LogP contribution in [0.4, 0.5) is 11.4 Å². The fourth-order valence-electron chi connectivity index (χ4n) is 3.77. The molecule has 0 bridgehead atoms. The molecule has 0 saturated carbocycles. The van der Waals surface area contributed by atoms with Gasteiger partial charge < -0.3 is 15.2 Å². The van der Waals surface area contributed by atoms with E-state index in [9.17, 15) is 14.7 Å². The second kappa shape index (κ2) is 8.41. The first kappa shape index (κ1) is 20.9. The van der Waals surface area contributed by atoms with E-state index < -0.39 is 17.4 Å². The molecule has 1 aliphatic rings. The van der Waals surface area contributed by atoms with Crippen LogP contribution in [-0.2, 0) is 15.2 Å². The third kappa shape index (κ3) is 3.76. The maximum atomic E-state index is 13.4. The molecule has 0 saturated heterocycles. The Balaban J connectivity index is 1.64. The van der Waals surface area contributed by atoms with Crippen LogP contribution in [0.3, 0.4) is 0 Å². The van der Waals surface area contributed by atoms with Crippen LogP contribution in [0.2, 0.25) is 5.02 Å². The Hall–Kier alpha value is -3.35. The summed E-state index contributed by atoms with van der Waals surface area (Å²) in [4.78, 5) is 27.5. The van der Waals surface area contributed by atoms with Crippen LogP contribution >= 0.6 is 11.6 Å². The van der Waals surface area contributed by atoms with E-state index in [-0.39, 0.29) is 6.54 Å². The first-order chi connectivity index (χ1) is 14.9. The van der Waals surface area contributed by atoms with E-state index in [0.29, 0.717) is 39.9 Å². The molecule has 0 aromatic heterocycles. The first-order valence-corrected chi connectivity index (χ1v) is 10.2. The number of anilines is 2. The normalized spacial score (nSPS) is 17.4. The molecule has 0 spiro atoms. The van der Waals surface area contributed by atoms with Crippen molar-refractivity contribution in [1.82, 2.24) is 0 Å². The highest BCUT2D eigenvalue weighted by Gasteiger charge is 2.51. The van der Waals surface area contributed by atoms with Gasteiger partial charge in [0.05, 0.1) is 18.0 Å². The number of nitrogens with zero attached hydrogens (tertiary/aromatic N) is 1. The van der Waals surface area contributed by atoms with Crippen molar-refractivity contribution in [3.05, 3.63) is 88.9 Å². The Kier molecular flexibility index (Phi) is 5.67. The summed E-state index contributed by atoms with van der Waals surface area (Å²) in [5.74, 6) is -0.475. The largest absolute Gasteiger partial charge is 0.492 e. The minimum absolute atomic E-state index is 0.265. The van der Waals surface area contributed by atoms with Gasteiger partial charge in [-0.1, -0.05) is 54.1 Å². The van der Waals surface area contributed by atoms with E-state index in [4.69, 9.17) is 16.3 Å². The second-order valence-electron chi connectivity index (χ2n) is 7.11. The maximum Gasteiger partial charge on any atom is 0.268 e. The summed E-state index contributed by atoms with van der Waals surface area (Å²) in [5, 5.41) is 14.7. The van der Waals surface area contributed by atoms with Crippen molar-refractivity contribution in [2.45, 2.75) is 12.5 Å². The molecule has 3 aromatic carbocycles. The summed E-state index contributed by atoms with van der Waals surface area (Å²) in [5.41, 5.74) is -0.181. The lowest BCUT2D eigenvalue weighted by Gasteiger charge is -2.24. The fraction of sp³-hybridized carbons (Fsp3) is 0.167. The average molecular weight is 437 g/mol. The third-order valence-electron chi connectivity index (χ3n) is 5.14. The summed E-state index contributed by atoms with van der Waals surface area (Å²) in [6.07, 6.45) is 0. The lowest BCUT2D eigenvalue weighted by Crippen LogP contribution is -2.44. The zero-order valence-corrected chi connectivity index (χ0v) is 17.6. The number of benzene rings is 3. The van der Waals surface area contributed by atoms with E-state index >= 15 is 0 Å². The van der Waals surface area contributed by atoms with Crippen LogP contribution in [-0.4, -0.2) is 30.1 Å². The van der Waals surface area contributed by atoms with E-state index in [1.54, 1.807) is 66.7 Å². The van der Waals surface area contributed by atoms with Crippen LogP contribution in [0.1, 0.15) is 18.1 Å². The molecule has 7 heteroatoms. The number of fused-ring (bicyclic) bond motifs is 1. The number of rotatable bonds is 6. The molecule has 31 heavy (non-hydrogen) atoms. The van der Waals surface area contributed by atoms with Crippen molar-refractivity contribution in [3.63, 3.8) is 0 Å². The molecular weight excluding hydrogens is 416 g/mol. The number of hydrogen-bond donors (Lipinski definition) is 2. The van der Waals surface area contributed by atoms with Crippen LogP contribution in [0.5, 0.6) is 5.75 Å². The number of hydrogen-bond acceptors (Lipinski definition) is 4. The first-order valence-electron chi connectivity index (χ1n) is 9.86. The quantitative estimate of drug-likeness (QED) is 0.613. The Bertz CT molecular complexity index is 1150. The van der Waals surface area contributed by atoms with Gasteiger partial charge in [0.2, 0.25) is 5.91 Å². The molecular formula is C24H21ClN2O4. The van der Waals surface area contributed by atoms with Crippen molar-refractivity contribution in [1.29, 1.82) is 0 Å². The number of ether oxygens (including phenoxy) is 1. The summed E-state index contributed by atoms with van der Waals surface area (Å²) < 4.78 is 5.54. The number of carbonyl (C=O) groups is 2. The highest BCUT2D eigenvalue weighted by atomic mass is 35.5. The summed E-state index contributed by atoms with van der Waals surface area (Å²) in [7, 11) is 0. The summed E-state index contributed by atoms with van der Waals surface area (Å²) >= 11 is 6.10. The van der Waals surface area contributed by atoms with Gasteiger partial charge in [-0.3, -0.25) is 14.5 Å². The van der Waals surface area contributed by atoms with E-state index in [1.807, 2.05) is 13.0 Å². The standard InChI is InChI=1S/C24H21ClN2O4/c1-2-31-21-13-6-4-11-19(21)26-22(28)15-27-20-12-5-3-10-18(20)24(30,23(27)29)16-8-7-9-17(25)14-16/h3-14,30H,2,15H2,1H3,(H,26,28). The van der Waals surface area contributed by atoms with Gasteiger partial charge in [-0.2, -0.15) is 0 Å². The Morgan fingerprint density at radius 2 is 1.84 bits per heavy atom. The maximum absolute atomic E-state index is 13.4.